The number of hydrogen-bond donors (Lipinski definition) is 3. The predicted molar refractivity (Wildman–Crippen MR) is 52.1 cm³/mol. The molecule has 4 heteroatoms. The van der Waals surface area contributed by atoms with Gasteiger partial charge in [0.2, 0.25) is 5.91 Å². The Balaban J connectivity index is 3.62. The molecule has 0 bridgehead atoms. The Morgan fingerprint density at radius 2 is 2.15 bits per heavy atom. The molecule has 0 saturated heterocycles. The zero-order valence-electron chi connectivity index (χ0n) is 8.42. The number of aliphatic hydroxyl groups excluding tert-OH is 1. The highest BCUT2D eigenvalue weighted by atomic mass is 16.3. The number of nitrogens with two attached hydrogens (primary N) is 1. The van der Waals surface area contributed by atoms with Crippen molar-refractivity contribution in [2.24, 2.45) is 11.7 Å². The maximum absolute atomic E-state index is 10.4. The third-order valence-corrected chi connectivity index (χ3v) is 2.02. The van der Waals surface area contributed by atoms with Crippen LogP contribution in [0.15, 0.2) is 0 Å². The predicted octanol–water partition coefficient (Wildman–Crippen LogP) is -0.142. The molecule has 4 nitrogen and oxygen atoms in total. The van der Waals surface area contributed by atoms with Crippen molar-refractivity contribution in [3.8, 4) is 0 Å². The van der Waals surface area contributed by atoms with Crippen LogP contribution in [0.2, 0.25) is 0 Å². The molecule has 0 fully saturated rings. The molecule has 0 aromatic heterocycles. The summed E-state index contributed by atoms with van der Waals surface area (Å²) in [4.78, 5) is 10.4. The van der Waals surface area contributed by atoms with Crippen molar-refractivity contribution in [3.63, 3.8) is 0 Å². The molecule has 0 aromatic carbocycles. The minimum Gasteiger partial charge on any atom is -0.396 e. The van der Waals surface area contributed by atoms with Gasteiger partial charge < -0.3 is 16.2 Å². The average molecular weight is 188 g/mol. The molecular weight excluding hydrogens is 168 g/mol. The molecule has 78 valence electrons. The van der Waals surface area contributed by atoms with E-state index in [4.69, 9.17) is 10.8 Å². The van der Waals surface area contributed by atoms with Crippen LogP contribution in [0.5, 0.6) is 0 Å². The van der Waals surface area contributed by atoms with Gasteiger partial charge in [-0.25, -0.2) is 0 Å². The van der Waals surface area contributed by atoms with Crippen LogP contribution in [-0.2, 0) is 4.79 Å². The molecule has 0 aliphatic heterocycles. The molecule has 13 heavy (non-hydrogen) atoms. The van der Waals surface area contributed by atoms with Crippen LogP contribution in [-0.4, -0.2) is 30.2 Å². The topological polar surface area (TPSA) is 75.3 Å². The lowest BCUT2D eigenvalue weighted by molar-refractivity contribution is -0.117. The summed E-state index contributed by atoms with van der Waals surface area (Å²) >= 11 is 0. The van der Waals surface area contributed by atoms with E-state index >= 15 is 0 Å². The van der Waals surface area contributed by atoms with E-state index in [0.717, 1.165) is 6.42 Å². The van der Waals surface area contributed by atoms with E-state index in [0.29, 0.717) is 18.9 Å². The van der Waals surface area contributed by atoms with Crippen molar-refractivity contribution in [1.82, 2.24) is 5.32 Å². The van der Waals surface area contributed by atoms with Crippen molar-refractivity contribution in [3.05, 3.63) is 0 Å². The van der Waals surface area contributed by atoms with Crippen LogP contribution < -0.4 is 11.1 Å². The van der Waals surface area contributed by atoms with Crippen LogP contribution in [0.25, 0.3) is 0 Å². The molecule has 1 unspecified atom stereocenters. The van der Waals surface area contributed by atoms with E-state index < -0.39 is 0 Å². The summed E-state index contributed by atoms with van der Waals surface area (Å²) < 4.78 is 0. The third kappa shape index (κ3) is 6.54. The fourth-order valence-electron chi connectivity index (χ4n) is 1.19. The highest BCUT2D eigenvalue weighted by Gasteiger charge is 2.11. The number of carbonyl (C=O) groups excluding carboxylic acids is 1. The number of aliphatic hydroxyl groups is 1. The van der Waals surface area contributed by atoms with Crippen LogP contribution in [0.4, 0.5) is 0 Å². The summed E-state index contributed by atoms with van der Waals surface area (Å²) in [6.07, 6.45) is 1.07. The monoisotopic (exact) mass is 188 g/mol. The van der Waals surface area contributed by atoms with Gasteiger partial charge in [0.15, 0.2) is 0 Å². The minimum atomic E-state index is -0.293. The SMILES string of the molecule is CC(C)C(CCO)NCCC(N)=O. The van der Waals surface area contributed by atoms with Crippen molar-refractivity contribution < 1.29 is 9.90 Å². The highest BCUT2D eigenvalue weighted by Crippen LogP contribution is 2.04. The molecule has 1 amide bonds. The number of primary amides is 1. The Hall–Kier alpha value is -0.610. The minimum absolute atomic E-state index is 0.173. The molecule has 0 radical (unpaired) electrons. The van der Waals surface area contributed by atoms with E-state index in [-0.39, 0.29) is 18.6 Å². The molecule has 0 aliphatic carbocycles. The van der Waals surface area contributed by atoms with E-state index in [1.807, 2.05) is 0 Å². The second kappa shape index (κ2) is 6.86. The molecule has 4 N–H and O–H groups in total. The van der Waals surface area contributed by atoms with Gasteiger partial charge >= 0.3 is 0 Å². The van der Waals surface area contributed by atoms with Gasteiger partial charge in [0, 0.05) is 25.6 Å². The first-order valence-electron chi connectivity index (χ1n) is 4.70. The lowest BCUT2D eigenvalue weighted by Gasteiger charge is -2.21. The van der Waals surface area contributed by atoms with Gasteiger partial charge in [0.25, 0.3) is 0 Å². The van der Waals surface area contributed by atoms with Gasteiger partial charge in [-0.05, 0) is 12.3 Å². The van der Waals surface area contributed by atoms with Gasteiger partial charge in [0.1, 0.15) is 0 Å². The smallest absolute Gasteiger partial charge is 0.218 e. The lowest BCUT2D eigenvalue weighted by atomic mass is 10.0. The third-order valence-electron chi connectivity index (χ3n) is 2.02. The summed E-state index contributed by atoms with van der Waals surface area (Å²) in [5.74, 6) is 0.166. The van der Waals surface area contributed by atoms with E-state index in [1.165, 1.54) is 0 Å². The quantitative estimate of drug-likeness (QED) is 0.520. The van der Waals surface area contributed by atoms with Gasteiger partial charge in [-0.3, -0.25) is 4.79 Å². The second-order valence-corrected chi connectivity index (χ2v) is 3.53. The van der Waals surface area contributed by atoms with E-state index in [1.54, 1.807) is 0 Å². The summed E-state index contributed by atoms with van der Waals surface area (Å²) in [5, 5.41) is 12.0. The second-order valence-electron chi connectivity index (χ2n) is 3.53. The normalized spacial score (nSPS) is 13.2. The molecule has 0 spiro atoms. The van der Waals surface area contributed by atoms with Crippen molar-refractivity contribution in [1.29, 1.82) is 0 Å². The summed E-state index contributed by atoms with van der Waals surface area (Å²) in [5.41, 5.74) is 5.00. The Labute approximate surface area is 79.5 Å². The van der Waals surface area contributed by atoms with Gasteiger partial charge in [-0.15, -0.1) is 0 Å². The van der Waals surface area contributed by atoms with Crippen LogP contribution in [0.1, 0.15) is 26.7 Å². The number of carbonyl (C=O) groups is 1. The van der Waals surface area contributed by atoms with Gasteiger partial charge in [-0.1, -0.05) is 13.8 Å². The molecule has 0 rings (SSSR count). The van der Waals surface area contributed by atoms with Crippen LogP contribution in [0, 0.1) is 5.92 Å². The van der Waals surface area contributed by atoms with E-state index in [2.05, 4.69) is 19.2 Å². The highest BCUT2D eigenvalue weighted by molar-refractivity contribution is 5.73. The van der Waals surface area contributed by atoms with E-state index in [9.17, 15) is 4.79 Å². The summed E-state index contributed by atoms with van der Waals surface area (Å²) in [6.45, 7) is 4.93. The Morgan fingerprint density at radius 3 is 2.54 bits per heavy atom. The van der Waals surface area contributed by atoms with Gasteiger partial charge in [0.05, 0.1) is 0 Å². The first kappa shape index (κ1) is 12.4. The standard InChI is InChI=1S/C9H20N2O2/c1-7(2)8(4-6-12)11-5-3-9(10)13/h7-8,11-12H,3-6H2,1-2H3,(H2,10,13). The Bertz CT molecular complexity index is 149. The molecule has 0 saturated carbocycles. The number of nitrogens with one attached hydrogen (secondary N) is 1. The molecule has 1 atom stereocenters. The van der Waals surface area contributed by atoms with Crippen LogP contribution in [0.3, 0.4) is 0 Å². The van der Waals surface area contributed by atoms with Gasteiger partial charge in [-0.2, -0.15) is 0 Å². The largest absolute Gasteiger partial charge is 0.396 e. The van der Waals surface area contributed by atoms with Crippen molar-refractivity contribution in [2.45, 2.75) is 32.7 Å². The summed E-state index contributed by atoms with van der Waals surface area (Å²) in [6, 6.07) is 0.268. The first-order valence-corrected chi connectivity index (χ1v) is 4.70. The zero-order chi connectivity index (χ0) is 10.3. The van der Waals surface area contributed by atoms with Crippen molar-refractivity contribution >= 4 is 5.91 Å². The molecular formula is C9H20N2O2. The van der Waals surface area contributed by atoms with Crippen molar-refractivity contribution in [2.75, 3.05) is 13.2 Å². The lowest BCUT2D eigenvalue weighted by Crippen LogP contribution is -2.36. The summed E-state index contributed by atoms with van der Waals surface area (Å²) in [7, 11) is 0. The zero-order valence-corrected chi connectivity index (χ0v) is 8.42. The maximum Gasteiger partial charge on any atom is 0.218 e. The first-order chi connectivity index (χ1) is 6.07. The molecule has 0 heterocycles. The number of rotatable bonds is 7. The average Bonchev–Trinajstić information content (AvgIpc) is 2.02. The molecule has 0 aliphatic rings. The number of amides is 1. The maximum atomic E-state index is 10.4. The van der Waals surface area contributed by atoms with Crippen LogP contribution >= 0.6 is 0 Å². The number of hydrogen-bond acceptors (Lipinski definition) is 3. The Morgan fingerprint density at radius 1 is 1.54 bits per heavy atom. The fraction of sp³-hybridized carbons (Fsp3) is 0.889. The molecule has 0 aromatic rings. The fourth-order valence-corrected chi connectivity index (χ4v) is 1.19. The Kier molecular flexibility index (Phi) is 6.54.